The molecule has 3 rings (SSSR count). The lowest BCUT2D eigenvalue weighted by Gasteiger charge is -2.25. The maximum atomic E-state index is 11.8. The molecule has 1 N–H and O–H groups in total. The zero-order valence-corrected chi connectivity index (χ0v) is 19.6. The van der Waals surface area contributed by atoms with Crippen LogP contribution in [-0.2, 0) is 12.8 Å². The number of aliphatic hydroxyl groups excluding tert-OH is 1. The SMILES string of the molecule is CCCCC(O)c1cccc(C2C(Cl)CC(Cl)C2Cc2cccc(CC)c2[N+](=O)[O-])c1. The molecule has 6 heteroatoms. The van der Waals surface area contributed by atoms with Gasteiger partial charge in [0.15, 0.2) is 0 Å². The van der Waals surface area contributed by atoms with E-state index in [2.05, 4.69) is 6.92 Å². The van der Waals surface area contributed by atoms with E-state index in [1.165, 1.54) is 0 Å². The Bertz CT molecular complexity index is 904. The Balaban J connectivity index is 1.93. The van der Waals surface area contributed by atoms with Gasteiger partial charge in [0.25, 0.3) is 5.69 Å². The number of benzene rings is 2. The Kier molecular flexibility index (Phi) is 8.37. The maximum absolute atomic E-state index is 11.8. The number of halogens is 2. The van der Waals surface area contributed by atoms with E-state index in [1.54, 1.807) is 0 Å². The van der Waals surface area contributed by atoms with Gasteiger partial charge in [0.1, 0.15) is 0 Å². The number of hydrogen-bond donors (Lipinski definition) is 1. The molecule has 1 saturated carbocycles. The summed E-state index contributed by atoms with van der Waals surface area (Å²) in [5.41, 5.74) is 3.61. The van der Waals surface area contributed by atoms with Crippen molar-refractivity contribution in [1.29, 1.82) is 0 Å². The Morgan fingerprint density at radius 3 is 2.52 bits per heavy atom. The third-order valence-electron chi connectivity index (χ3n) is 6.50. The largest absolute Gasteiger partial charge is 0.388 e. The number of unbranched alkanes of at least 4 members (excludes halogenated alkanes) is 1. The highest BCUT2D eigenvalue weighted by molar-refractivity contribution is 6.25. The Hall–Kier alpha value is -1.62. The van der Waals surface area contributed by atoms with Crippen molar-refractivity contribution in [2.75, 3.05) is 0 Å². The number of nitro groups is 1. The number of aryl methyl sites for hydroxylation is 1. The van der Waals surface area contributed by atoms with E-state index >= 15 is 0 Å². The highest BCUT2D eigenvalue weighted by Crippen LogP contribution is 2.48. The summed E-state index contributed by atoms with van der Waals surface area (Å²) in [6.45, 7) is 4.04. The van der Waals surface area contributed by atoms with Crippen LogP contribution in [-0.4, -0.2) is 20.8 Å². The average molecular weight is 464 g/mol. The van der Waals surface area contributed by atoms with Gasteiger partial charge in [-0.1, -0.05) is 69.2 Å². The van der Waals surface area contributed by atoms with Crippen molar-refractivity contribution in [1.82, 2.24) is 0 Å². The highest BCUT2D eigenvalue weighted by Gasteiger charge is 2.43. The third kappa shape index (κ3) is 5.42. The van der Waals surface area contributed by atoms with Crippen molar-refractivity contribution < 1.29 is 10.0 Å². The molecule has 0 aromatic heterocycles. The fraction of sp³-hybridized carbons (Fsp3) is 0.520. The van der Waals surface area contributed by atoms with Crippen molar-refractivity contribution in [2.45, 2.75) is 75.1 Å². The molecule has 168 valence electrons. The van der Waals surface area contributed by atoms with Crippen LogP contribution >= 0.6 is 23.2 Å². The molecule has 0 heterocycles. The molecule has 0 saturated heterocycles. The monoisotopic (exact) mass is 463 g/mol. The Morgan fingerprint density at radius 1 is 1.13 bits per heavy atom. The standard InChI is InChI=1S/C25H31Cl2NO3/c1-3-5-12-23(29)17-9-7-10-18(13-17)24-20(21(26)15-22(24)27)14-19-11-6-8-16(4-2)25(19)28(30)31/h6-11,13,20-24,29H,3-5,12,14-15H2,1-2H3. The van der Waals surface area contributed by atoms with Crippen LogP contribution in [0, 0.1) is 16.0 Å². The van der Waals surface area contributed by atoms with Crippen LogP contribution in [0.15, 0.2) is 42.5 Å². The molecule has 1 fully saturated rings. The normalized spacial score (nSPS) is 24.3. The van der Waals surface area contributed by atoms with Gasteiger partial charge >= 0.3 is 0 Å². The average Bonchev–Trinajstić information content (AvgIpc) is 3.04. The molecule has 0 aliphatic heterocycles. The predicted octanol–water partition coefficient (Wildman–Crippen LogP) is 6.94. The zero-order valence-electron chi connectivity index (χ0n) is 18.1. The van der Waals surface area contributed by atoms with Gasteiger partial charge in [-0.3, -0.25) is 10.1 Å². The summed E-state index contributed by atoms with van der Waals surface area (Å²) in [6, 6.07) is 13.5. The molecular formula is C25H31Cl2NO3. The van der Waals surface area contributed by atoms with E-state index in [9.17, 15) is 15.2 Å². The lowest BCUT2D eigenvalue weighted by atomic mass is 9.82. The summed E-state index contributed by atoms with van der Waals surface area (Å²) >= 11 is 13.5. The van der Waals surface area contributed by atoms with Gasteiger partial charge in [-0.25, -0.2) is 0 Å². The molecule has 5 atom stereocenters. The van der Waals surface area contributed by atoms with Gasteiger partial charge in [-0.05, 0) is 42.7 Å². The molecule has 0 bridgehead atoms. The first-order valence-electron chi connectivity index (χ1n) is 11.2. The van der Waals surface area contributed by atoms with Gasteiger partial charge in [-0.2, -0.15) is 0 Å². The van der Waals surface area contributed by atoms with Crippen LogP contribution < -0.4 is 0 Å². The first-order chi connectivity index (χ1) is 14.9. The van der Waals surface area contributed by atoms with E-state index in [4.69, 9.17) is 23.2 Å². The maximum Gasteiger partial charge on any atom is 0.275 e. The smallest absolute Gasteiger partial charge is 0.275 e. The molecule has 31 heavy (non-hydrogen) atoms. The number of nitro benzene ring substituents is 1. The zero-order chi connectivity index (χ0) is 22.5. The van der Waals surface area contributed by atoms with E-state index in [1.807, 2.05) is 49.4 Å². The minimum Gasteiger partial charge on any atom is -0.388 e. The molecule has 1 aliphatic rings. The highest BCUT2D eigenvalue weighted by atomic mass is 35.5. The molecule has 1 aliphatic carbocycles. The van der Waals surface area contributed by atoms with E-state index < -0.39 is 6.10 Å². The van der Waals surface area contributed by atoms with Crippen molar-refractivity contribution in [3.63, 3.8) is 0 Å². The van der Waals surface area contributed by atoms with Crippen LogP contribution in [0.2, 0.25) is 0 Å². The lowest BCUT2D eigenvalue weighted by molar-refractivity contribution is -0.386. The van der Waals surface area contributed by atoms with Crippen molar-refractivity contribution >= 4 is 28.9 Å². The first kappa shape index (κ1) is 24.0. The van der Waals surface area contributed by atoms with Crippen LogP contribution in [0.5, 0.6) is 0 Å². The molecule has 5 unspecified atom stereocenters. The lowest BCUT2D eigenvalue weighted by Crippen LogP contribution is -2.20. The minimum atomic E-state index is -0.498. The van der Waals surface area contributed by atoms with Gasteiger partial charge in [0.05, 0.1) is 11.0 Å². The molecule has 2 aromatic carbocycles. The van der Waals surface area contributed by atoms with E-state index in [0.29, 0.717) is 19.3 Å². The van der Waals surface area contributed by atoms with Crippen LogP contribution in [0.1, 0.15) is 73.8 Å². The summed E-state index contributed by atoms with van der Waals surface area (Å²) in [7, 11) is 0. The number of rotatable bonds is 9. The summed E-state index contributed by atoms with van der Waals surface area (Å²) < 4.78 is 0. The number of nitrogens with zero attached hydrogens (tertiary/aromatic N) is 1. The number of hydrogen-bond acceptors (Lipinski definition) is 3. The van der Waals surface area contributed by atoms with Gasteiger partial charge in [0.2, 0.25) is 0 Å². The number of alkyl halides is 2. The van der Waals surface area contributed by atoms with Crippen molar-refractivity contribution in [3.8, 4) is 0 Å². The van der Waals surface area contributed by atoms with Gasteiger partial charge in [0, 0.05) is 27.8 Å². The van der Waals surface area contributed by atoms with E-state index in [0.717, 1.165) is 41.5 Å². The topological polar surface area (TPSA) is 63.4 Å². The second kappa shape index (κ2) is 10.8. The second-order valence-corrected chi connectivity index (χ2v) is 9.65. The van der Waals surface area contributed by atoms with Crippen LogP contribution in [0.4, 0.5) is 5.69 Å². The minimum absolute atomic E-state index is 0.0157. The van der Waals surface area contributed by atoms with Crippen LogP contribution in [0.3, 0.4) is 0 Å². The quantitative estimate of drug-likeness (QED) is 0.248. The fourth-order valence-electron chi connectivity index (χ4n) is 4.86. The Morgan fingerprint density at radius 2 is 1.84 bits per heavy atom. The number of aliphatic hydroxyl groups is 1. The fourth-order valence-corrected chi connectivity index (χ4v) is 5.91. The Labute approximate surface area is 194 Å². The summed E-state index contributed by atoms with van der Waals surface area (Å²) in [4.78, 5) is 11.5. The van der Waals surface area contributed by atoms with Gasteiger partial charge < -0.3 is 5.11 Å². The molecule has 0 amide bonds. The van der Waals surface area contributed by atoms with Crippen molar-refractivity contribution in [2.24, 2.45) is 5.92 Å². The number of para-hydroxylation sites is 1. The molecular weight excluding hydrogens is 433 g/mol. The third-order valence-corrected chi connectivity index (χ3v) is 7.45. The molecule has 0 spiro atoms. The van der Waals surface area contributed by atoms with Gasteiger partial charge in [-0.15, -0.1) is 23.2 Å². The van der Waals surface area contributed by atoms with Crippen LogP contribution in [0.25, 0.3) is 0 Å². The summed E-state index contributed by atoms with van der Waals surface area (Å²) in [5, 5.41) is 22.0. The summed E-state index contributed by atoms with van der Waals surface area (Å²) in [6.07, 6.45) is 4.01. The molecule has 4 nitrogen and oxygen atoms in total. The predicted molar refractivity (Wildman–Crippen MR) is 127 cm³/mol. The second-order valence-electron chi connectivity index (χ2n) is 8.53. The van der Waals surface area contributed by atoms with Crippen molar-refractivity contribution in [3.05, 3.63) is 74.8 Å². The molecule has 0 radical (unpaired) electrons. The first-order valence-corrected chi connectivity index (χ1v) is 12.1. The summed E-state index contributed by atoms with van der Waals surface area (Å²) in [5.74, 6) is -0.0367. The van der Waals surface area contributed by atoms with E-state index in [-0.39, 0.29) is 33.2 Å². The molecule has 2 aromatic rings.